The van der Waals surface area contributed by atoms with Gasteiger partial charge in [-0.05, 0) is 42.7 Å². The van der Waals surface area contributed by atoms with Crippen LogP contribution in [0.2, 0.25) is 0 Å². The molecule has 0 atom stereocenters. The number of hydrogen-bond acceptors (Lipinski definition) is 6. The van der Waals surface area contributed by atoms with E-state index in [1.54, 1.807) is 24.3 Å². The minimum atomic E-state index is -0.712. The number of imide groups is 1. The molecule has 8 nitrogen and oxygen atoms in total. The van der Waals surface area contributed by atoms with Crippen LogP contribution in [0.15, 0.2) is 54.6 Å². The van der Waals surface area contributed by atoms with Crippen LogP contribution in [0.1, 0.15) is 31.2 Å². The van der Waals surface area contributed by atoms with Crippen LogP contribution >= 0.6 is 0 Å². The molecule has 0 saturated heterocycles. The molecule has 0 heterocycles. The standard InChI is InChI=1S/C23H26N2O6/c26-21(25-23(28)24-18-8-4-5-9-18)15-31-22(27)16-30-20-12-10-19(11-13-20)29-14-17-6-2-1-3-7-17/h1-3,6-7,10-13,18H,4-5,8-9,14-16H2,(H2,24,25,26,28). The SMILES string of the molecule is O=C(COC(=O)COc1ccc(OCc2ccccc2)cc1)NC(=O)NC1CCCC1. The van der Waals surface area contributed by atoms with Gasteiger partial charge in [0.25, 0.3) is 5.91 Å². The van der Waals surface area contributed by atoms with E-state index >= 15 is 0 Å². The fourth-order valence-corrected chi connectivity index (χ4v) is 3.16. The lowest BCUT2D eigenvalue weighted by atomic mass is 10.2. The molecule has 2 aromatic rings. The molecule has 0 unspecified atom stereocenters. The average Bonchev–Trinajstić information content (AvgIpc) is 3.29. The third kappa shape index (κ3) is 8.00. The third-order valence-electron chi connectivity index (χ3n) is 4.74. The van der Waals surface area contributed by atoms with Crippen LogP contribution in [0.25, 0.3) is 0 Å². The quantitative estimate of drug-likeness (QED) is 0.598. The molecule has 3 rings (SSSR count). The molecule has 31 heavy (non-hydrogen) atoms. The summed E-state index contributed by atoms with van der Waals surface area (Å²) in [5, 5.41) is 4.87. The van der Waals surface area contributed by atoms with Crippen molar-refractivity contribution in [1.29, 1.82) is 0 Å². The number of benzene rings is 2. The van der Waals surface area contributed by atoms with Gasteiger partial charge < -0.3 is 19.5 Å². The topological polar surface area (TPSA) is 103 Å². The fourth-order valence-electron chi connectivity index (χ4n) is 3.16. The van der Waals surface area contributed by atoms with Gasteiger partial charge in [0.15, 0.2) is 13.2 Å². The minimum Gasteiger partial charge on any atom is -0.489 e. The van der Waals surface area contributed by atoms with Crippen LogP contribution in [-0.4, -0.2) is 37.2 Å². The van der Waals surface area contributed by atoms with E-state index < -0.39 is 24.5 Å². The van der Waals surface area contributed by atoms with Crippen molar-refractivity contribution in [2.45, 2.75) is 38.3 Å². The van der Waals surface area contributed by atoms with Crippen LogP contribution in [0, 0.1) is 0 Å². The van der Waals surface area contributed by atoms with Gasteiger partial charge in [0.05, 0.1) is 0 Å². The van der Waals surface area contributed by atoms with Gasteiger partial charge in [-0.2, -0.15) is 0 Å². The van der Waals surface area contributed by atoms with Crippen molar-refractivity contribution < 1.29 is 28.6 Å². The first kappa shape index (κ1) is 22.1. The number of hydrogen-bond donors (Lipinski definition) is 2. The second kappa shape index (κ2) is 11.6. The highest BCUT2D eigenvalue weighted by Gasteiger charge is 2.18. The zero-order chi connectivity index (χ0) is 21.9. The van der Waals surface area contributed by atoms with Gasteiger partial charge in [-0.1, -0.05) is 43.2 Å². The smallest absolute Gasteiger partial charge is 0.344 e. The van der Waals surface area contributed by atoms with Crippen molar-refractivity contribution in [3.05, 3.63) is 60.2 Å². The highest BCUT2D eigenvalue weighted by atomic mass is 16.6. The number of amides is 3. The number of urea groups is 1. The Morgan fingerprint density at radius 3 is 2.16 bits per heavy atom. The average molecular weight is 426 g/mol. The Bertz CT molecular complexity index is 863. The summed E-state index contributed by atoms with van der Waals surface area (Å²) in [6.07, 6.45) is 3.96. The van der Waals surface area contributed by atoms with Gasteiger partial charge >= 0.3 is 12.0 Å². The molecule has 8 heteroatoms. The molecule has 1 aliphatic rings. The third-order valence-corrected chi connectivity index (χ3v) is 4.74. The van der Waals surface area contributed by atoms with Gasteiger partial charge in [-0.3, -0.25) is 10.1 Å². The summed E-state index contributed by atoms with van der Waals surface area (Å²) >= 11 is 0. The molecule has 0 bridgehead atoms. The molecule has 0 aromatic heterocycles. The minimum absolute atomic E-state index is 0.0962. The molecule has 0 spiro atoms. The molecule has 3 amide bonds. The number of nitrogens with one attached hydrogen (secondary N) is 2. The first-order valence-corrected chi connectivity index (χ1v) is 10.2. The Kier molecular flexibility index (Phi) is 8.28. The number of esters is 1. The molecular formula is C23H26N2O6. The van der Waals surface area contributed by atoms with E-state index in [0.29, 0.717) is 18.1 Å². The Hall–Kier alpha value is -3.55. The van der Waals surface area contributed by atoms with Gasteiger partial charge in [-0.25, -0.2) is 9.59 Å². The van der Waals surface area contributed by atoms with Gasteiger partial charge in [0.1, 0.15) is 18.1 Å². The van der Waals surface area contributed by atoms with Gasteiger partial charge in [0.2, 0.25) is 0 Å². The van der Waals surface area contributed by atoms with Crippen LogP contribution in [0.3, 0.4) is 0 Å². The zero-order valence-corrected chi connectivity index (χ0v) is 17.2. The zero-order valence-electron chi connectivity index (χ0n) is 17.2. The van der Waals surface area contributed by atoms with Crippen molar-refractivity contribution in [3.8, 4) is 11.5 Å². The predicted molar refractivity (Wildman–Crippen MR) is 113 cm³/mol. The summed E-state index contributed by atoms with van der Waals surface area (Å²) < 4.78 is 15.9. The van der Waals surface area contributed by atoms with Crippen LogP contribution in [0.4, 0.5) is 4.79 Å². The maximum atomic E-state index is 11.8. The first-order valence-electron chi connectivity index (χ1n) is 10.2. The number of carbonyl (C=O) groups is 3. The summed E-state index contributed by atoms with van der Waals surface area (Å²) in [5.41, 5.74) is 1.06. The lowest BCUT2D eigenvalue weighted by Gasteiger charge is -2.12. The number of carbonyl (C=O) groups excluding carboxylic acids is 3. The van der Waals surface area contributed by atoms with E-state index in [1.165, 1.54) is 0 Å². The normalized spacial score (nSPS) is 13.3. The van der Waals surface area contributed by atoms with Crippen LogP contribution in [-0.2, 0) is 20.9 Å². The highest BCUT2D eigenvalue weighted by molar-refractivity contribution is 5.95. The summed E-state index contributed by atoms with van der Waals surface area (Å²) in [7, 11) is 0. The van der Waals surface area contributed by atoms with E-state index in [-0.39, 0.29) is 12.6 Å². The molecule has 0 aliphatic heterocycles. The molecule has 0 radical (unpaired) electrons. The van der Waals surface area contributed by atoms with Crippen molar-refractivity contribution in [1.82, 2.24) is 10.6 Å². The molecule has 1 fully saturated rings. The van der Waals surface area contributed by atoms with Crippen molar-refractivity contribution in [2.75, 3.05) is 13.2 Å². The van der Waals surface area contributed by atoms with Crippen LogP contribution < -0.4 is 20.1 Å². The monoisotopic (exact) mass is 426 g/mol. The van der Waals surface area contributed by atoms with E-state index in [9.17, 15) is 14.4 Å². The Labute approximate surface area is 180 Å². The van der Waals surface area contributed by atoms with Crippen LogP contribution in [0.5, 0.6) is 11.5 Å². The summed E-state index contributed by atoms with van der Waals surface area (Å²) in [4.78, 5) is 35.2. The molecule has 2 N–H and O–H groups in total. The second-order valence-electron chi connectivity index (χ2n) is 7.20. The summed E-state index contributed by atoms with van der Waals surface area (Å²) in [5.74, 6) is -0.268. The largest absolute Gasteiger partial charge is 0.489 e. The predicted octanol–water partition coefficient (Wildman–Crippen LogP) is 2.96. The highest BCUT2D eigenvalue weighted by Crippen LogP contribution is 2.19. The van der Waals surface area contributed by atoms with Crippen molar-refractivity contribution >= 4 is 17.9 Å². The molecule has 2 aromatic carbocycles. The summed E-state index contributed by atoms with van der Waals surface area (Å²) in [6, 6.07) is 16.1. The molecule has 164 valence electrons. The van der Waals surface area contributed by atoms with E-state index in [2.05, 4.69) is 10.6 Å². The molecule has 1 aliphatic carbocycles. The fraction of sp³-hybridized carbons (Fsp3) is 0.348. The van der Waals surface area contributed by atoms with Gasteiger partial charge in [0, 0.05) is 6.04 Å². The Balaban J connectivity index is 1.30. The second-order valence-corrected chi connectivity index (χ2v) is 7.20. The lowest BCUT2D eigenvalue weighted by molar-refractivity contribution is -0.150. The Morgan fingerprint density at radius 1 is 0.839 bits per heavy atom. The number of ether oxygens (including phenoxy) is 3. The molecular weight excluding hydrogens is 400 g/mol. The lowest BCUT2D eigenvalue weighted by Crippen LogP contribution is -2.45. The maximum absolute atomic E-state index is 11.8. The van der Waals surface area contributed by atoms with E-state index in [1.807, 2.05) is 30.3 Å². The number of rotatable bonds is 9. The maximum Gasteiger partial charge on any atom is 0.344 e. The molecule has 1 saturated carbocycles. The van der Waals surface area contributed by atoms with Crippen molar-refractivity contribution in [3.63, 3.8) is 0 Å². The van der Waals surface area contributed by atoms with E-state index in [4.69, 9.17) is 14.2 Å². The Morgan fingerprint density at radius 2 is 1.48 bits per heavy atom. The van der Waals surface area contributed by atoms with E-state index in [0.717, 1.165) is 31.2 Å². The van der Waals surface area contributed by atoms with Crippen molar-refractivity contribution in [2.24, 2.45) is 0 Å². The van der Waals surface area contributed by atoms with Gasteiger partial charge in [-0.15, -0.1) is 0 Å². The summed E-state index contributed by atoms with van der Waals surface area (Å²) in [6.45, 7) is -0.452. The first-order chi connectivity index (χ1) is 15.1.